The van der Waals surface area contributed by atoms with Gasteiger partial charge in [0.05, 0.1) is 40.5 Å². The Bertz CT molecular complexity index is 1420. The third-order valence-corrected chi connectivity index (χ3v) is 12.2. The molecule has 0 saturated heterocycles. The van der Waals surface area contributed by atoms with E-state index in [4.69, 9.17) is 14.0 Å². The Morgan fingerprint density at radius 2 is 0.825 bits per heavy atom. The lowest BCUT2D eigenvalue weighted by molar-refractivity contribution is -0.867. The molecule has 0 rings (SSSR count). The third-order valence-electron chi connectivity index (χ3n) is 10.9. The summed E-state index contributed by atoms with van der Waals surface area (Å²) in [4.78, 5) is 35.7. The van der Waals surface area contributed by atoms with Gasteiger partial charge in [0.2, 0.25) is 0 Å². The Kier molecular flexibility index (Phi) is 42.6. The molecular formula is C54H93NO7P+. The first-order valence-electron chi connectivity index (χ1n) is 25.5. The molecule has 0 saturated carbocycles. The van der Waals surface area contributed by atoms with Gasteiger partial charge in [-0.1, -0.05) is 179 Å². The smallest absolute Gasteiger partial charge is 0.333 e. The molecule has 0 bridgehead atoms. The number of hydrogen-bond acceptors (Lipinski definition) is 6. The number of hydrogen-bond donors (Lipinski definition) is 1. The molecule has 0 aliphatic carbocycles. The second-order valence-electron chi connectivity index (χ2n) is 18.4. The van der Waals surface area contributed by atoms with Crippen molar-refractivity contribution in [1.29, 1.82) is 0 Å². The molecular weight excluding hydrogens is 806 g/mol. The molecule has 360 valence electrons. The summed E-state index contributed by atoms with van der Waals surface area (Å²) in [7, 11) is 1.88. The summed E-state index contributed by atoms with van der Waals surface area (Å²) >= 11 is 0. The largest absolute Gasteiger partial charge is 0.462 e. The van der Waals surface area contributed by atoms with E-state index in [1.807, 2.05) is 21.1 Å². The molecule has 63 heavy (non-hydrogen) atoms. The summed E-state index contributed by atoms with van der Waals surface area (Å²) in [5.41, 5.74) is 0. The van der Waals surface area contributed by atoms with Crippen molar-refractivity contribution in [2.24, 2.45) is 0 Å². The monoisotopic (exact) mass is 899 g/mol. The lowest BCUT2D eigenvalue weighted by atomic mass is 10.1. The van der Waals surface area contributed by atoms with Crippen LogP contribution in [-0.2, 0) is 28.2 Å². The summed E-state index contributed by atoms with van der Waals surface area (Å²) in [5.74, 6) is 23.9. The predicted molar refractivity (Wildman–Crippen MR) is 264 cm³/mol. The molecule has 2 atom stereocenters. The summed E-state index contributed by atoms with van der Waals surface area (Å²) in [6.45, 7) is 4.43. The predicted octanol–water partition coefficient (Wildman–Crippen LogP) is 13.7. The molecule has 1 N–H and O–H groups in total. The number of unbranched alkanes of at least 4 members (excludes halogenated alkanes) is 28. The highest BCUT2D eigenvalue weighted by Crippen LogP contribution is 2.42. The van der Waals surface area contributed by atoms with Gasteiger partial charge >= 0.3 is 19.5 Å². The lowest BCUT2D eigenvalue weighted by Gasteiger charge is -2.25. The van der Waals surface area contributed by atoms with Crippen LogP contribution in [-0.4, -0.2) is 74.5 Å². The van der Waals surface area contributed by atoms with Crippen molar-refractivity contribution in [2.45, 2.75) is 238 Å². The van der Waals surface area contributed by atoms with Crippen LogP contribution in [0.5, 0.6) is 0 Å². The second kappa shape index (κ2) is 44.5. The third kappa shape index (κ3) is 48.6. The molecule has 0 amide bonds. The van der Waals surface area contributed by atoms with Crippen molar-refractivity contribution in [3.8, 4) is 47.4 Å². The molecule has 0 radical (unpaired) electrons. The van der Waals surface area contributed by atoms with Crippen molar-refractivity contribution in [3.05, 3.63) is 0 Å². The molecule has 9 heteroatoms. The maximum atomic E-state index is 12.7. The normalized spacial score (nSPS) is 12.3. The van der Waals surface area contributed by atoms with Gasteiger partial charge in [-0.25, -0.2) is 0 Å². The van der Waals surface area contributed by atoms with Gasteiger partial charge < -0.3 is 23.4 Å². The fourth-order valence-electron chi connectivity index (χ4n) is 6.81. The van der Waals surface area contributed by atoms with Gasteiger partial charge in [0.25, 0.3) is 0 Å². The van der Waals surface area contributed by atoms with E-state index in [2.05, 4.69) is 61.2 Å². The number of carbonyl (C=O) groups is 2. The first-order valence-corrected chi connectivity index (χ1v) is 27.3. The van der Waals surface area contributed by atoms with Gasteiger partial charge in [-0.15, -0.1) is 0 Å². The molecule has 0 spiro atoms. The zero-order valence-corrected chi connectivity index (χ0v) is 42.1. The number of carbonyl (C=O) groups excluding carboxylic acids is 2. The Hall–Kier alpha value is -2.71. The van der Waals surface area contributed by atoms with Gasteiger partial charge in [0.1, 0.15) is 6.61 Å². The lowest BCUT2D eigenvalue weighted by Crippen LogP contribution is -2.37. The van der Waals surface area contributed by atoms with Crippen LogP contribution >= 0.6 is 7.60 Å². The van der Waals surface area contributed by atoms with E-state index in [1.165, 1.54) is 103 Å². The topological polar surface area (TPSA) is 99.1 Å². The second-order valence-corrected chi connectivity index (χ2v) is 20.3. The van der Waals surface area contributed by atoms with Crippen molar-refractivity contribution >= 4 is 19.5 Å². The van der Waals surface area contributed by atoms with Crippen LogP contribution < -0.4 is 0 Å². The van der Waals surface area contributed by atoms with Gasteiger partial charge in [-0.05, 0) is 62.2 Å². The molecule has 0 aromatic carbocycles. The number of esters is 2. The van der Waals surface area contributed by atoms with Crippen molar-refractivity contribution < 1.29 is 37.5 Å². The van der Waals surface area contributed by atoms with Gasteiger partial charge in [-0.3, -0.25) is 14.2 Å². The zero-order chi connectivity index (χ0) is 46.4. The average molecular weight is 899 g/mol. The first kappa shape index (κ1) is 60.3. The van der Waals surface area contributed by atoms with Crippen molar-refractivity contribution in [3.63, 3.8) is 0 Å². The summed E-state index contributed by atoms with van der Waals surface area (Å²) in [6.07, 6.45) is 35.9. The number of ether oxygens (including phenoxy) is 2. The zero-order valence-electron chi connectivity index (χ0n) is 41.2. The van der Waals surface area contributed by atoms with Crippen LogP contribution in [0.4, 0.5) is 0 Å². The van der Waals surface area contributed by atoms with Crippen LogP contribution in [0.2, 0.25) is 0 Å². The maximum Gasteiger partial charge on any atom is 0.333 e. The van der Waals surface area contributed by atoms with Crippen LogP contribution in [0.15, 0.2) is 0 Å². The van der Waals surface area contributed by atoms with E-state index in [9.17, 15) is 19.0 Å². The highest BCUT2D eigenvalue weighted by Gasteiger charge is 2.27. The quantitative estimate of drug-likeness (QED) is 0.0214. The van der Waals surface area contributed by atoms with E-state index in [0.717, 1.165) is 89.9 Å². The Balaban J connectivity index is 4.30. The number of rotatable bonds is 41. The molecule has 0 aliphatic rings. The standard InChI is InChI=1S/C54H92NO7P/c1-6-8-10-12-14-16-18-20-22-24-26-28-30-32-34-36-38-40-42-44-46-53(56)60-50-52(51-61-63(58,59)49-48-55(3,4)5)62-54(57)47-45-43-41-39-37-35-33-31-29-27-25-23-21-19-17-15-13-11-9-7-2/h52H,6-23,32-51H2,1-5H3/p+1/t52-/m1/s1. The minimum absolute atomic E-state index is 0.0292. The van der Waals surface area contributed by atoms with E-state index in [0.29, 0.717) is 23.9 Å². The first-order chi connectivity index (χ1) is 30.5. The molecule has 0 aromatic heterocycles. The number of quaternary nitrogens is 1. The molecule has 0 heterocycles. The molecule has 1 unspecified atom stereocenters. The van der Waals surface area contributed by atoms with Crippen LogP contribution in [0.1, 0.15) is 232 Å². The fraction of sp³-hybridized carbons (Fsp3) is 0.815. The van der Waals surface area contributed by atoms with E-state index < -0.39 is 19.7 Å². The Morgan fingerprint density at radius 1 is 0.492 bits per heavy atom. The van der Waals surface area contributed by atoms with Gasteiger partial charge in [-0.2, -0.15) is 0 Å². The number of nitrogens with zero attached hydrogens (tertiary/aromatic N) is 1. The van der Waals surface area contributed by atoms with E-state index in [-0.39, 0.29) is 38.2 Å². The van der Waals surface area contributed by atoms with Crippen molar-refractivity contribution in [1.82, 2.24) is 0 Å². The van der Waals surface area contributed by atoms with Crippen LogP contribution in [0.25, 0.3) is 0 Å². The van der Waals surface area contributed by atoms with Crippen LogP contribution in [0.3, 0.4) is 0 Å². The molecule has 0 aliphatic heterocycles. The minimum atomic E-state index is -3.92. The summed E-state index contributed by atoms with van der Waals surface area (Å²) in [5, 5.41) is 0. The van der Waals surface area contributed by atoms with Gasteiger partial charge in [0, 0.05) is 38.5 Å². The SMILES string of the molecule is CCCCCCCCCCC#CC#CCCCCCCCCC(=O)OC[C@H](COP(=O)(O)CC[N+](C)(C)C)OC(=O)CCCCCCCCC#CC#CCCCCCCCCCC. The molecule has 0 aromatic rings. The maximum absolute atomic E-state index is 12.7. The fourth-order valence-corrected chi connectivity index (χ4v) is 8.19. The highest BCUT2D eigenvalue weighted by molar-refractivity contribution is 7.52. The van der Waals surface area contributed by atoms with Crippen molar-refractivity contribution in [2.75, 3.05) is 47.1 Å². The van der Waals surface area contributed by atoms with Gasteiger partial charge in [0.15, 0.2) is 6.10 Å². The summed E-state index contributed by atoms with van der Waals surface area (Å²) < 4.78 is 29.7. The minimum Gasteiger partial charge on any atom is -0.462 e. The average Bonchev–Trinajstić information content (AvgIpc) is 3.25. The highest BCUT2D eigenvalue weighted by atomic mass is 31.2. The molecule has 8 nitrogen and oxygen atoms in total. The van der Waals surface area contributed by atoms with E-state index >= 15 is 0 Å². The molecule has 0 fully saturated rings. The summed E-state index contributed by atoms with van der Waals surface area (Å²) in [6, 6.07) is 0. The van der Waals surface area contributed by atoms with E-state index in [1.54, 1.807) is 0 Å². The van der Waals surface area contributed by atoms with Crippen LogP contribution in [0, 0.1) is 47.4 Å². The Labute approximate surface area is 388 Å². The Morgan fingerprint density at radius 3 is 1.19 bits per heavy atom.